The highest BCUT2D eigenvalue weighted by Gasteiger charge is 2.31. The molecule has 0 atom stereocenters. The van der Waals surface area contributed by atoms with E-state index in [0.29, 0.717) is 22.6 Å². The van der Waals surface area contributed by atoms with E-state index in [0.717, 1.165) is 43.7 Å². The van der Waals surface area contributed by atoms with Crippen LogP contribution in [0.25, 0.3) is 11.0 Å². The zero-order valence-corrected chi connectivity index (χ0v) is 23.4. The van der Waals surface area contributed by atoms with E-state index in [1.54, 1.807) is 6.08 Å². The van der Waals surface area contributed by atoms with E-state index in [1.807, 2.05) is 86.6 Å². The fourth-order valence-corrected chi connectivity index (χ4v) is 5.14. The number of aryl methyl sites for hydroxylation is 3. The first kappa shape index (κ1) is 24.9. The van der Waals surface area contributed by atoms with E-state index in [-0.39, 0.29) is 11.5 Å². The monoisotopic (exact) mass is 575 g/mol. The molecule has 1 aliphatic rings. The minimum Gasteiger partial charge on any atom is -0.451 e. The van der Waals surface area contributed by atoms with Crippen molar-refractivity contribution >= 4 is 61.1 Å². The topological polar surface area (TPSA) is 66.6 Å². The zero-order valence-electron chi connectivity index (χ0n) is 21.8. The predicted molar refractivity (Wildman–Crippen MR) is 163 cm³/mol. The molecule has 0 fully saturated rings. The molecule has 39 heavy (non-hydrogen) atoms. The van der Waals surface area contributed by atoms with Gasteiger partial charge in [-0.15, -0.1) is 0 Å². The molecule has 1 heterocycles. The van der Waals surface area contributed by atoms with Crippen LogP contribution in [0.5, 0.6) is 0 Å². The van der Waals surface area contributed by atoms with Crippen LogP contribution >= 0.6 is 15.9 Å². The summed E-state index contributed by atoms with van der Waals surface area (Å²) in [6.07, 6.45) is 1.57. The van der Waals surface area contributed by atoms with Crippen molar-refractivity contribution in [2.75, 3.05) is 10.6 Å². The van der Waals surface area contributed by atoms with Gasteiger partial charge in [-0.25, -0.2) is 4.99 Å². The molecule has 5 aromatic rings. The lowest BCUT2D eigenvalue weighted by Crippen LogP contribution is -2.21. The summed E-state index contributed by atoms with van der Waals surface area (Å²) in [7, 11) is 0. The van der Waals surface area contributed by atoms with E-state index in [2.05, 4.69) is 45.6 Å². The number of nitrogens with zero attached hydrogens (tertiary/aromatic N) is 1. The Bertz CT molecular complexity index is 1780. The first-order valence-corrected chi connectivity index (χ1v) is 13.5. The van der Waals surface area contributed by atoms with Crippen LogP contribution in [0, 0.1) is 20.8 Å². The number of rotatable bonds is 5. The van der Waals surface area contributed by atoms with E-state index in [9.17, 15) is 4.79 Å². The molecule has 6 heteroatoms. The molecule has 0 radical (unpaired) electrons. The number of ketones is 1. The van der Waals surface area contributed by atoms with Crippen LogP contribution in [-0.4, -0.2) is 11.5 Å². The van der Waals surface area contributed by atoms with Crippen LogP contribution in [0.1, 0.15) is 32.8 Å². The van der Waals surface area contributed by atoms with Crippen LogP contribution in [0.2, 0.25) is 0 Å². The summed E-state index contributed by atoms with van der Waals surface area (Å²) in [6.45, 7) is 6.15. The quantitative estimate of drug-likeness (QED) is 0.219. The molecule has 5 nitrogen and oxygen atoms in total. The molecule has 192 valence electrons. The van der Waals surface area contributed by atoms with Crippen molar-refractivity contribution in [1.29, 1.82) is 0 Å². The molecule has 1 aliphatic carbocycles. The molecule has 0 saturated carbocycles. The molecule has 6 rings (SSSR count). The highest BCUT2D eigenvalue weighted by atomic mass is 79.9. The van der Waals surface area contributed by atoms with Crippen LogP contribution in [0.3, 0.4) is 0 Å². The third kappa shape index (κ3) is 5.03. The maximum atomic E-state index is 13.4. The van der Waals surface area contributed by atoms with Gasteiger partial charge in [0.05, 0.1) is 27.1 Å². The number of carbonyl (C=O) groups is 1. The van der Waals surface area contributed by atoms with Crippen LogP contribution in [-0.2, 0) is 0 Å². The molecule has 2 N–H and O–H groups in total. The summed E-state index contributed by atoms with van der Waals surface area (Å²) in [4.78, 5) is 18.4. The zero-order chi connectivity index (χ0) is 27.1. The number of aliphatic imine (C=N–C) groups is 1. The standard InChI is InChI=1S/C33H26BrN3O2/c1-19-4-10-22(11-5-19)35-25-16-26-30-31(37-24-14-8-21(3)9-15-24)28(36-23-12-6-20(2)7-13-23)18-29(38)33(30)39-32(26)27(34)17-25/h4-18,35-36H,1-3H3. The molecular weight excluding hydrogens is 550 g/mol. The van der Waals surface area contributed by atoms with Gasteiger partial charge in [-0.3, -0.25) is 4.79 Å². The van der Waals surface area contributed by atoms with Gasteiger partial charge in [0.25, 0.3) is 0 Å². The van der Waals surface area contributed by atoms with Crippen molar-refractivity contribution < 1.29 is 9.21 Å². The van der Waals surface area contributed by atoms with Gasteiger partial charge < -0.3 is 15.1 Å². The third-order valence-corrected chi connectivity index (χ3v) is 7.27. The number of fused-ring (bicyclic) bond motifs is 3. The summed E-state index contributed by atoms with van der Waals surface area (Å²) < 4.78 is 6.93. The van der Waals surface area contributed by atoms with Crippen molar-refractivity contribution in [3.8, 4) is 0 Å². The Hall–Kier alpha value is -4.42. The smallest absolute Gasteiger partial charge is 0.223 e. The van der Waals surface area contributed by atoms with Crippen molar-refractivity contribution in [3.05, 3.63) is 129 Å². The van der Waals surface area contributed by atoms with E-state index < -0.39 is 0 Å². The van der Waals surface area contributed by atoms with Crippen molar-refractivity contribution in [2.45, 2.75) is 20.8 Å². The number of nitrogens with one attached hydrogen (secondary N) is 2. The number of hydrogen-bond donors (Lipinski definition) is 2. The molecule has 0 bridgehead atoms. The van der Waals surface area contributed by atoms with E-state index >= 15 is 0 Å². The van der Waals surface area contributed by atoms with Gasteiger partial charge in [0.15, 0.2) is 5.76 Å². The second-order valence-corrected chi connectivity index (χ2v) is 10.7. The number of furan rings is 1. The first-order chi connectivity index (χ1) is 18.8. The van der Waals surface area contributed by atoms with Crippen molar-refractivity contribution in [1.82, 2.24) is 0 Å². The lowest BCUT2D eigenvalue weighted by molar-refractivity contribution is 0.102. The summed E-state index contributed by atoms with van der Waals surface area (Å²) in [5.41, 5.74) is 9.52. The minimum atomic E-state index is -0.210. The molecule has 0 aliphatic heterocycles. The molecule has 0 saturated heterocycles. The summed E-state index contributed by atoms with van der Waals surface area (Å²) >= 11 is 3.67. The van der Waals surface area contributed by atoms with Crippen LogP contribution in [0.15, 0.2) is 111 Å². The van der Waals surface area contributed by atoms with Gasteiger partial charge in [0.2, 0.25) is 5.78 Å². The predicted octanol–water partition coefficient (Wildman–Crippen LogP) is 9.18. The Kier molecular flexibility index (Phi) is 6.41. The lowest BCUT2D eigenvalue weighted by atomic mass is 9.95. The van der Waals surface area contributed by atoms with Gasteiger partial charge in [-0.2, -0.15) is 0 Å². The van der Waals surface area contributed by atoms with Gasteiger partial charge in [0.1, 0.15) is 5.58 Å². The van der Waals surface area contributed by atoms with Gasteiger partial charge >= 0.3 is 0 Å². The van der Waals surface area contributed by atoms with Crippen molar-refractivity contribution in [2.24, 2.45) is 4.99 Å². The van der Waals surface area contributed by atoms with Gasteiger partial charge in [-0.05, 0) is 85.2 Å². The van der Waals surface area contributed by atoms with Gasteiger partial charge in [0, 0.05) is 28.5 Å². The second-order valence-electron chi connectivity index (χ2n) is 9.84. The molecular formula is C33H26BrN3O2. The Morgan fingerprint density at radius 3 is 1.90 bits per heavy atom. The summed E-state index contributed by atoms with van der Waals surface area (Å²) in [6, 6.07) is 28.2. The van der Waals surface area contributed by atoms with Crippen LogP contribution in [0.4, 0.5) is 22.7 Å². The highest BCUT2D eigenvalue weighted by Crippen LogP contribution is 2.39. The third-order valence-electron chi connectivity index (χ3n) is 6.68. The highest BCUT2D eigenvalue weighted by molar-refractivity contribution is 9.10. The number of halogens is 1. The van der Waals surface area contributed by atoms with Gasteiger partial charge in [-0.1, -0.05) is 53.1 Å². The molecule has 0 spiro atoms. The maximum absolute atomic E-state index is 13.4. The molecule has 4 aromatic carbocycles. The normalized spacial score (nSPS) is 13.9. The lowest BCUT2D eigenvalue weighted by Gasteiger charge is -2.18. The fraction of sp³-hybridized carbons (Fsp3) is 0.0909. The number of allylic oxidation sites excluding steroid dienone is 2. The molecule has 1 aromatic heterocycles. The Morgan fingerprint density at radius 2 is 1.28 bits per heavy atom. The molecule has 0 unspecified atom stereocenters. The maximum Gasteiger partial charge on any atom is 0.223 e. The summed E-state index contributed by atoms with van der Waals surface area (Å²) in [5.74, 6) is 0.0668. The molecule has 0 amide bonds. The number of anilines is 3. The number of carbonyl (C=O) groups excluding carboxylic acids is 1. The largest absolute Gasteiger partial charge is 0.451 e. The Labute approximate surface area is 235 Å². The summed E-state index contributed by atoms with van der Waals surface area (Å²) in [5, 5.41) is 7.70. The van der Waals surface area contributed by atoms with Crippen molar-refractivity contribution in [3.63, 3.8) is 0 Å². The van der Waals surface area contributed by atoms with E-state index in [4.69, 9.17) is 9.41 Å². The van der Waals surface area contributed by atoms with E-state index in [1.165, 1.54) is 5.56 Å². The fourth-order valence-electron chi connectivity index (χ4n) is 4.59. The Balaban J connectivity index is 1.51. The average molecular weight is 576 g/mol. The van der Waals surface area contributed by atoms with Crippen LogP contribution < -0.4 is 10.6 Å². The Morgan fingerprint density at radius 1 is 0.718 bits per heavy atom. The first-order valence-electron chi connectivity index (χ1n) is 12.7. The second kappa shape index (κ2) is 10.0. The number of benzene rings is 4. The minimum absolute atomic E-state index is 0.210. The number of hydrogen-bond acceptors (Lipinski definition) is 5. The SMILES string of the molecule is Cc1ccc(N=C2C(Nc3ccc(C)cc3)=CC(=O)c3oc4c(Br)cc(Nc5ccc(C)cc5)cc4c32)cc1. The average Bonchev–Trinajstić information content (AvgIpc) is 3.31.